The Morgan fingerprint density at radius 1 is 1.40 bits per heavy atom. The summed E-state index contributed by atoms with van der Waals surface area (Å²) in [7, 11) is 0. The number of hydrogen-bond acceptors (Lipinski definition) is 0. The summed E-state index contributed by atoms with van der Waals surface area (Å²) < 4.78 is 47.7. The molecule has 0 N–H and O–H groups in total. The highest BCUT2D eigenvalue weighted by atomic mass is 19.3. The maximum absolute atomic E-state index is 12.2. The van der Waals surface area contributed by atoms with Crippen LogP contribution in [-0.2, 0) is 0 Å². The minimum atomic E-state index is -3.47. The molecule has 0 aliphatic carbocycles. The second-order valence-electron chi connectivity index (χ2n) is 1.96. The molecule has 0 aliphatic heterocycles. The molecule has 0 amide bonds. The Hall–Kier alpha value is -0.280. The zero-order valence-corrected chi connectivity index (χ0v) is 5.42. The first-order chi connectivity index (χ1) is 4.54. The molecule has 0 heterocycles. The van der Waals surface area contributed by atoms with Crippen LogP contribution in [0.3, 0.4) is 0 Å². The summed E-state index contributed by atoms with van der Waals surface area (Å²) >= 11 is 0. The van der Waals surface area contributed by atoms with Crippen molar-refractivity contribution in [2.24, 2.45) is 0 Å². The molecular weight excluding hydrogens is 148 g/mol. The molecule has 10 heavy (non-hydrogen) atoms. The summed E-state index contributed by atoms with van der Waals surface area (Å²) in [5.41, 5.74) is 0. The van der Waals surface area contributed by atoms with Gasteiger partial charge in [-0.15, -0.1) is 0 Å². The molecule has 61 valence electrons. The first-order valence-electron chi connectivity index (χ1n) is 2.91. The number of hydrogen-bond donors (Lipinski definition) is 0. The van der Waals surface area contributed by atoms with Crippen LogP contribution in [0.2, 0.25) is 0 Å². The van der Waals surface area contributed by atoms with Gasteiger partial charge in [-0.3, -0.25) is 4.39 Å². The first kappa shape index (κ1) is 9.72. The van der Waals surface area contributed by atoms with Gasteiger partial charge in [0.25, 0.3) is 5.92 Å². The second-order valence-corrected chi connectivity index (χ2v) is 1.96. The molecule has 0 aromatic rings. The topological polar surface area (TPSA) is 0 Å². The summed E-state index contributed by atoms with van der Waals surface area (Å²) in [5, 5.41) is 0. The average Bonchev–Trinajstić information content (AvgIpc) is 1.89. The van der Waals surface area contributed by atoms with Crippen molar-refractivity contribution in [3.8, 4) is 0 Å². The monoisotopic (exact) mass is 157 g/mol. The summed E-state index contributed by atoms with van der Waals surface area (Å²) in [6.07, 6.45) is -3.97. The van der Waals surface area contributed by atoms with Crippen molar-refractivity contribution in [2.75, 3.05) is 6.67 Å². The Bertz CT molecular complexity index is 91.7. The third kappa shape index (κ3) is 2.54. The molecule has 0 aromatic heterocycles. The molecule has 0 aromatic carbocycles. The number of alkyl halides is 4. The van der Waals surface area contributed by atoms with Crippen LogP contribution in [0.25, 0.3) is 0 Å². The van der Waals surface area contributed by atoms with E-state index in [2.05, 4.69) is 6.92 Å². The normalized spacial score (nSPS) is 15.3. The van der Waals surface area contributed by atoms with Crippen molar-refractivity contribution in [3.63, 3.8) is 0 Å². The van der Waals surface area contributed by atoms with Crippen LogP contribution in [0.15, 0.2) is 0 Å². The van der Waals surface area contributed by atoms with Crippen molar-refractivity contribution in [1.29, 1.82) is 0 Å². The zero-order chi connectivity index (χ0) is 8.20. The maximum atomic E-state index is 12.2. The van der Waals surface area contributed by atoms with E-state index in [1.165, 1.54) is 0 Å². The Kier molecular flexibility index (Phi) is 3.68. The summed E-state index contributed by atoms with van der Waals surface area (Å²) in [6, 6.07) is 0. The van der Waals surface area contributed by atoms with Crippen LogP contribution in [0, 0.1) is 6.92 Å². The molecule has 4 heteroatoms. The quantitative estimate of drug-likeness (QED) is 0.550. The first-order valence-corrected chi connectivity index (χ1v) is 2.91. The number of rotatable bonds is 4. The molecule has 0 rings (SSSR count). The van der Waals surface area contributed by atoms with E-state index in [1.54, 1.807) is 0 Å². The van der Waals surface area contributed by atoms with Crippen LogP contribution in [0.4, 0.5) is 17.6 Å². The van der Waals surface area contributed by atoms with Crippen molar-refractivity contribution < 1.29 is 17.6 Å². The van der Waals surface area contributed by atoms with E-state index in [9.17, 15) is 17.6 Å². The van der Waals surface area contributed by atoms with E-state index in [0.29, 0.717) is 0 Å². The van der Waals surface area contributed by atoms with Gasteiger partial charge in [0, 0.05) is 12.8 Å². The lowest BCUT2D eigenvalue weighted by atomic mass is 10.1. The largest absolute Gasteiger partial charge is 0.278 e. The highest BCUT2D eigenvalue weighted by Crippen LogP contribution is 2.26. The van der Waals surface area contributed by atoms with Gasteiger partial charge >= 0.3 is 0 Å². The van der Waals surface area contributed by atoms with Gasteiger partial charge in [0.05, 0.1) is 6.67 Å². The predicted octanol–water partition coefficient (Wildman–Crippen LogP) is 2.54. The molecule has 0 saturated carbocycles. The molecular formula is C6H9F4. The average molecular weight is 157 g/mol. The van der Waals surface area contributed by atoms with Crippen molar-refractivity contribution in [2.45, 2.75) is 24.9 Å². The highest BCUT2D eigenvalue weighted by molar-refractivity contribution is 4.77. The predicted molar refractivity (Wildman–Crippen MR) is 30.4 cm³/mol. The van der Waals surface area contributed by atoms with E-state index < -0.39 is 31.6 Å². The van der Waals surface area contributed by atoms with E-state index in [0.717, 1.165) is 0 Å². The van der Waals surface area contributed by atoms with Crippen LogP contribution in [0.1, 0.15) is 12.8 Å². The molecule has 0 bridgehead atoms. The third-order valence-electron chi connectivity index (χ3n) is 1.15. The lowest BCUT2D eigenvalue weighted by molar-refractivity contribution is -0.0739. The molecule has 1 atom stereocenters. The molecule has 0 unspecified atom stereocenters. The summed E-state index contributed by atoms with van der Waals surface area (Å²) in [5.74, 6) is -3.47. The Morgan fingerprint density at radius 2 is 1.90 bits per heavy atom. The molecule has 0 fully saturated rings. The van der Waals surface area contributed by atoms with Gasteiger partial charge in [0.2, 0.25) is 0 Å². The van der Waals surface area contributed by atoms with Crippen LogP contribution < -0.4 is 0 Å². The van der Waals surface area contributed by atoms with Gasteiger partial charge in [-0.05, 0) is 6.92 Å². The fraction of sp³-hybridized carbons (Fsp3) is 0.833. The van der Waals surface area contributed by atoms with E-state index in [4.69, 9.17) is 0 Å². The minimum absolute atomic E-state index is 0.748. The molecule has 0 aliphatic rings. The SMILES string of the molecule is [CH2]CC(F)(F)[C@@H](F)CCF. The van der Waals surface area contributed by atoms with Gasteiger partial charge in [0.1, 0.15) is 0 Å². The molecule has 0 spiro atoms. The fourth-order valence-electron chi connectivity index (χ4n) is 0.464. The van der Waals surface area contributed by atoms with Gasteiger partial charge in [-0.1, -0.05) is 0 Å². The maximum Gasteiger partial charge on any atom is 0.278 e. The third-order valence-corrected chi connectivity index (χ3v) is 1.15. The Balaban J connectivity index is 3.78. The minimum Gasteiger partial charge on any atom is -0.251 e. The molecule has 0 saturated heterocycles. The van der Waals surface area contributed by atoms with E-state index in [-0.39, 0.29) is 0 Å². The Morgan fingerprint density at radius 3 is 2.20 bits per heavy atom. The van der Waals surface area contributed by atoms with Gasteiger partial charge in [0.15, 0.2) is 6.17 Å². The highest BCUT2D eigenvalue weighted by Gasteiger charge is 2.37. The van der Waals surface area contributed by atoms with Crippen LogP contribution in [0.5, 0.6) is 0 Å². The van der Waals surface area contributed by atoms with Gasteiger partial charge in [-0.2, -0.15) is 0 Å². The van der Waals surface area contributed by atoms with Gasteiger partial charge in [-0.25, -0.2) is 13.2 Å². The summed E-state index contributed by atoms with van der Waals surface area (Å²) in [6.45, 7) is 1.79. The van der Waals surface area contributed by atoms with E-state index >= 15 is 0 Å². The lowest BCUT2D eigenvalue weighted by Gasteiger charge is -2.17. The zero-order valence-electron chi connectivity index (χ0n) is 5.42. The van der Waals surface area contributed by atoms with Gasteiger partial charge < -0.3 is 0 Å². The summed E-state index contributed by atoms with van der Waals surface area (Å²) in [4.78, 5) is 0. The fourth-order valence-corrected chi connectivity index (χ4v) is 0.464. The van der Waals surface area contributed by atoms with Crippen molar-refractivity contribution in [1.82, 2.24) is 0 Å². The number of halogens is 4. The molecule has 0 nitrogen and oxygen atoms in total. The Labute approximate surface area is 57.2 Å². The van der Waals surface area contributed by atoms with Crippen molar-refractivity contribution >= 4 is 0 Å². The van der Waals surface area contributed by atoms with Crippen molar-refractivity contribution in [3.05, 3.63) is 6.92 Å². The van der Waals surface area contributed by atoms with Crippen LogP contribution in [-0.4, -0.2) is 18.8 Å². The standard InChI is InChI=1S/C6H9F4/c1-2-6(9,10)5(8)3-4-7/h5H,1-4H2/t5-/m0/s1. The second kappa shape index (κ2) is 3.78. The smallest absolute Gasteiger partial charge is 0.251 e. The lowest BCUT2D eigenvalue weighted by Crippen LogP contribution is -2.29. The van der Waals surface area contributed by atoms with Crippen LogP contribution >= 0.6 is 0 Å². The molecule has 1 radical (unpaired) electrons. The van der Waals surface area contributed by atoms with E-state index in [1.807, 2.05) is 0 Å².